The van der Waals surface area contributed by atoms with Gasteiger partial charge in [-0.15, -0.1) is 0 Å². The molecule has 0 radical (unpaired) electrons. The summed E-state index contributed by atoms with van der Waals surface area (Å²) in [5, 5.41) is 9.32. The number of hydrogen-bond acceptors (Lipinski definition) is 2. The van der Waals surface area contributed by atoms with Crippen LogP contribution in [0.15, 0.2) is 0 Å². The summed E-state index contributed by atoms with van der Waals surface area (Å²) in [7, 11) is 0. The Morgan fingerprint density at radius 1 is 1.64 bits per heavy atom. The summed E-state index contributed by atoms with van der Waals surface area (Å²) >= 11 is 2.15. The lowest BCUT2D eigenvalue weighted by Crippen LogP contribution is -2.42. The fourth-order valence-corrected chi connectivity index (χ4v) is 1.68. The molecular weight excluding hydrogens is 220 g/mol. The number of aliphatic hydroxyl groups is 1. The van der Waals surface area contributed by atoms with Crippen molar-refractivity contribution in [1.82, 2.24) is 0 Å². The Kier molecular flexibility index (Phi) is 2.24. The third kappa shape index (κ3) is 1.71. The van der Waals surface area contributed by atoms with Crippen molar-refractivity contribution in [2.24, 2.45) is 5.73 Å². The number of rotatable bonds is 1. The van der Waals surface area contributed by atoms with Gasteiger partial charge in [0.1, 0.15) is 5.60 Å². The first-order valence-corrected chi connectivity index (χ1v) is 4.19. The Morgan fingerprint density at radius 3 is 2.36 bits per heavy atom. The second-order valence-electron chi connectivity index (χ2n) is 3.03. The molecule has 0 aromatic carbocycles. The lowest BCUT2D eigenvalue weighted by atomic mass is 10.0. The van der Waals surface area contributed by atoms with Crippen LogP contribution in [-0.4, -0.2) is 21.6 Å². The van der Waals surface area contributed by atoms with Gasteiger partial charge in [-0.25, -0.2) is 0 Å². The molecule has 2 nitrogen and oxygen atoms in total. The van der Waals surface area contributed by atoms with Crippen LogP contribution >= 0.6 is 15.9 Å². The van der Waals surface area contributed by atoms with Crippen LogP contribution in [0.2, 0.25) is 0 Å². The van der Waals surface area contributed by atoms with E-state index in [-0.39, 0.29) is 18.9 Å². The maximum Gasteiger partial charge on any atom is 0.329 e. The highest BCUT2D eigenvalue weighted by Crippen LogP contribution is 2.44. The van der Waals surface area contributed by atoms with Crippen molar-refractivity contribution in [1.29, 1.82) is 0 Å². The van der Waals surface area contributed by atoms with Crippen molar-refractivity contribution in [3.63, 3.8) is 0 Å². The molecule has 0 amide bonds. The van der Waals surface area contributed by atoms with Crippen molar-refractivity contribution < 1.29 is 13.9 Å². The molecule has 0 heterocycles. The Morgan fingerprint density at radius 2 is 2.18 bits per heavy atom. The molecule has 0 aliphatic heterocycles. The highest BCUT2D eigenvalue weighted by molar-refractivity contribution is 9.10. The monoisotopic (exact) mass is 229 g/mol. The van der Waals surface area contributed by atoms with Crippen molar-refractivity contribution in [2.45, 2.75) is 35.7 Å². The minimum Gasteiger partial charge on any atom is -0.383 e. The molecule has 2 atom stereocenters. The van der Waals surface area contributed by atoms with Crippen molar-refractivity contribution in [3.8, 4) is 0 Å². The van der Waals surface area contributed by atoms with E-state index in [1.54, 1.807) is 0 Å². The van der Waals surface area contributed by atoms with Crippen LogP contribution in [0.4, 0.5) is 8.78 Å². The smallest absolute Gasteiger partial charge is 0.329 e. The SMILES string of the molecule is NC1CCC(O)(C(F)(F)Br)C1. The summed E-state index contributed by atoms with van der Waals surface area (Å²) in [6, 6.07) is -0.302. The van der Waals surface area contributed by atoms with Gasteiger partial charge in [0.15, 0.2) is 0 Å². The van der Waals surface area contributed by atoms with Gasteiger partial charge in [-0.3, -0.25) is 0 Å². The first-order chi connectivity index (χ1) is 4.85. The summed E-state index contributed by atoms with van der Waals surface area (Å²) in [5.74, 6) is 0. The largest absolute Gasteiger partial charge is 0.383 e. The molecule has 1 rings (SSSR count). The molecule has 0 bridgehead atoms. The molecule has 0 saturated heterocycles. The van der Waals surface area contributed by atoms with Gasteiger partial charge < -0.3 is 10.8 Å². The standard InChI is InChI=1S/C6H10BrF2NO/c7-6(8,9)5(11)2-1-4(10)3-5/h4,11H,1-3,10H2. The number of alkyl halides is 3. The van der Waals surface area contributed by atoms with Crippen molar-refractivity contribution >= 4 is 15.9 Å². The number of hydrogen-bond donors (Lipinski definition) is 2. The molecule has 0 spiro atoms. The normalized spacial score (nSPS) is 39.5. The number of halogens is 3. The van der Waals surface area contributed by atoms with Crippen LogP contribution < -0.4 is 5.73 Å². The van der Waals surface area contributed by atoms with Crippen molar-refractivity contribution in [2.75, 3.05) is 0 Å². The molecule has 2 unspecified atom stereocenters. The lowest BCUT2D eigenvalue weighted by molar-refractivity contribution is -0.111. The van der Waals surface area contributed by atoms with Gasteiger partial charge in [0.05, 0.1) is 0 Å². The molecule has 0 aromatic rings. The summed E-state index contributed by atoms with van der Waals surface area (Å²) in [6.45, 7) is 0. The summed E-state index contributed by atoms with van der Waals surface area (Å²) in [4.78, 5) is -3.21. The van der Waals surface area contributed by atoms with Crippen LogP contribution in [-0.2, 0) is 0 Å². The third-order valence-corrected chi connectivity index (χ3v) is 2.79. The molecule has 3 N–H and O–H groups in total. The fourth-order valence-electron chi connectivity index (χ4n) is 1.32. The zero-order valence-electron chi connectivity index (χ0n) is 5.86. The predicted octanol–water partition coefficient (Wildman–Crippen LogP) is 1.22. The van der Waals surface area contributed by atoms with E-state index in [0.717, 1.165) is 0 Å². The highest BCUT2D eigenvalue weighted by Gasteiger charge is 2.53. The van der Waals surface area contributed by atoms with Crippen LogP contribution in [0.3, 0.4) is 0 Å². The predicted molar refractivity (Wildman–Crippen MR) is 40.7 cm³/mol. The summed E-state index contributed by atoms with van der Waals surface area (Å²) in [5.41, 5.74) is 3.45. The van der Waals surface area contributed by atoms with Gasteiger partial charge in [-0.1, -0.05) is 0 Å². The van der Waals surface area contributed by atoms with E-state index in [0.29, 0.717) is 6.42 Å². The Bertz CT molecular complexity index is 161. The zero-order valence-corrected chi connectivity index (χ0v) is 7.44. The van der Waals surface area contributed by atoms with Gasteiger partial charge in [0.2, 0.25) is 0 Å². The minimum atomic E-state index is -3.21. The van der Waals surface area contributed by atoms with E-state index in [4.69, 9.17) is 5.73 Å². The third-order valence-electron chi connectivity index (χ3n) is 2.06. The molecule has 66 valence electrons. The van der Waals surface area contributed by atoms with Gasteiger partial charge in [0, 0.05) is 6.04 Å². The zero-order chi connectivity index (χ0) is 8.70. The molecule has 1 saturated carbocycles. The second kappa shape index (κ2) is 2.64. The van der Waals surface area contributed by atoms with Crippen LogP contribution in [0.1, 0.15) is 19.3 Å². The molecule has 11 heavy (non-hydrogen) atoms. The maximum absolute atomic E-state index is 12.6. The molecule has 1 fully saturated rings. The quantitative estimate of drug-likeness (QED) is 0.665. The van der Waals surface area contributed by atoms with Gasteiger partial charge >= 0.3 is 4.83 Å². The van der Waals surface area contributed by atoms with E-state index >= 15 is 0 Å². The van der Waals surface area contributed by atoms with Gasteiger partial charge in [-0.05, 0) is 35.2 Å². The van der Waals surface area contributed by atoms with Crippen molar-refractivity contribution in [3.05, 3.63) is 0 Å². The lowest BCUT2D eigenvalue weighted by Gasteiger charge is -2.27. The molecule has 5 heteroatoms. The first kappa shape index (κ1) is 9.35. The number of nitrogens with two attached hydrogens (primary N) is 1. The topological polar surface area (TPSA) is 46.2 Å². The summed E-state index contributed by atoms with van der Waals surface area (Å²) in [6.07, 6.45) is 0.482. The highest BCUT2D eigenvalue weighted by atomic mass is 79.9. The van der Waals surface area contributed by atoms with E-state index in [1.165, 1.54) is 0 Å². The first-order valence-electron chi connectivity index (χ1n) is 3.40. The minimum absolute atomic E-state index is 0.0365. The molecule has 1 aliphatic carbocycles. The molecule has 0 aromatic heterocycles. The van der Waals surface area contributed by atoms with E-state index in [2.05, 4.69) is 15.9 Å². The molecular formula is C6H10BrF2NO. The average Bonchev–Trinajstić information content (AvgIpc) is 2.10. The Labute approximate surface area is 71.9 Å². The van der Waals surface area contributed by atoms with Crippen LogP contribution in [0.25, 0.3) is 0 Å². The van der Waals surface area contributed by atoms with E-state index < -0.39 is 10.4 Å². The van der Waals surface area contributed by atoms with E-state index in [9.17, 15) is 13.9 Å². The fraction of sp³-hybridized carbons (Fsp3) is 1.00. The van der Waals surface area contributed by atoms with E-state index in [1.807, 2.05) is 0 Å². The summed E-state index contributed by atoms with van der Waals surface area (Å²) < 4.78 is 25.2. The average molecular weight is 230 g/mol. The Balaban J connectivity index is 2.69. The van der Waals surface area contributed by atoms with Crippen LogP contribution in [0.5, 0.6) is 0 Å². The van der Waals surface area contributed by atoms with Crippen LogP contribution in [0, 0.1) is 0 Å². The van der Waals surface area contributed by atoms with Gasteiger partial charge in [-0.2, -0.15) is 8.78 Å². The maximum atomic E-state index is 12.6. The van der Waals surface area contributed by atoms with Gasteiger partial charge in [0.25, 0.3) is 0 Å². The second-order valence-corrected chi connectivity index (χ2v) is 4.03. The Hall–Kier alpha value is 0.260. The molecule has 1 aliphatic rings.